The molecule has 0 aromatic rings. The summed E-state index contributed by atoms with van der Waals surface area (Å²) < 4.78 is 11.1. The summed E-state index contributed by atoms with van der Waals surface area (Å²) in [6.45, 7) is 9.67. The number of nitrogens with one attached hydrogen (secondary N) is 2. The van der Waals surface area contributed by atoms with E-state index in [1.165, 1.54) is 0 Å². The van der Waals surface area contributed by atoms with Gasteiger partial charge in [-0.15, -0.1) is 24.0 Å². The lowest BCUT2D eigenvalue weighted by molar-refractivity contribution is -0.133. The average molecular weight is 496 g/mol. The molecule has 7 nitrogen and oxygen atoms in total. The van der Waals surface area contributed by atoms with Crippen LogP contribution in [0.5, 0.6) is 0 Å². The van der Waals surface area contributed by atoms with Crippen molar-refractivity contribution in [2.75, 3.05) is 53.1 Å². The number of likely N-dealkylation sites (tertiary alicyclic amines) is 1. The van der Waals surface area contributed by atoms with Gasteiger partial charge in [-0.3, -0.25) is 9.79 Å². The number of amides is 1. The fraction of sp³-hybridized carbons (Fsp3) is 0.895. The molecule has 2 rings (SSSR count). The summed E-state index contributed by atoms with van der Waals surface area (Å²) in [5.74, 6) is 1.76. The SMILES string of the molecule is CN=C(NCCCOCC1CCOCC1)NC1CCN(C(=O)C(C)C)C1.I. The summed E-state index contributed by atoms with van der Waals surface area (Å²) in [6, 6.07) is 0.272. The highest BCUT2D eigenvalue weighted by atomic mass is 127. The molecule has 2 N–H and O–H groups in total. The summed E-state index contributed by atoms with van der Waals surface area (Å²) in [5, 5.41) is 6.76. The first-order valence-electron chi connectivity index (χ1n) is 10.0. The average Bonchev–Trinajstić information content (AvgIpc) is 3.12. The minimum atomic E-state index is 0. The second-order valence-electron chi connectivity index (χ2n) is 7.55. The van der Waals surface area contributed by atoms with E-state index in [0.29, 0.717) is 5.92 Å². The third-order valence-corrected chi connectivity index (χ3v) is 5.01. The molecule has 2 heterocycles. The Balaban J connectivity index is 0.00000364. The Labute approximate surface area is 181 Å². The lowest BCUT2D eigenvalue weighted by atomic mass is 10.0. The van der Waals surface area contributed by atoms with E-state index in [0.717, 1.165) is 77.7 Å². The third-order valence-electron chi connectivity index (χ3n) is 5.01. The van der Waals surface area contributed by atoms with Gasteiger partial charge in [-0.2, -0.15) is 0 Å². The van der Waals surface area contributed by atoms with Crippen LogP contribution in [0.25, 0.3) is 0 Å². The van der Waals surface area contributed by atoms with E-state index in [1.807, 2.05) is 18.7 Å². The molecule has 1 amide bonds. The normalized spacial score (nSPS) is 21.3. The minimum Gasteiger partial charge on any atom is -0.381 e. The summed E-state index contributed by atoms with van der Waals surface area (Å²) in [4.78, 5) is 18.3. The monoisotopic (exact) mass is 496 g/mol. The lowest BCUT2D eigenvalue weighted by Gasteiger charge is -2.22. The number of nitrogens with zero attached hydrogens (tertiary/aromatic N) is 2. The molecule has 0 aliphatic carbocycles. The molecule has 0 aromatic carbocycles. The fourth-order valence-corrected chi connectivity index (χ4v) is 3.38. The van der Waals surface area contributed by atoms with Gasteiger partial charge in [-0.1, -0.05) is 13.8 Å². The highest BCUT2D eigenvalue weighted by Crippen LogP contribution is 2.15. The van der Waals surface area contributed by atoms with E-state index in [-0.39, 0.29) is 41.8 Å². The molecule has 2 aliphatic rings. The topological polar surface area (TPSA) is 75.2 Å². The Bertz CT molecular complexity index is 456. The van der Waals surface area contributed by atoms with Crippen molar-refractivity contribution < 1.29 is 14.3 Å². The minimum absolute atomic E-state index is 0. The molecule has 2 saturated heterocycles. The van der Waals surface area contributed by atoms with Gasteiger partial charge in [0.2, 0.25) is 5.91 Å². The number of carbonyl (C=O) groups excluding carboxylic acids is 1. The Morgan fingerprint density at radius 2 is 2.04 bits per heavy atom. The van der Waals surface area contributed by atoms with E-state index >= 15 is 0 Å². The van der Waals surface area contributed by atoms with Gasteiger partial charge in [0.15, 0.2) is 5.96 Å². The van der Waals surface area contributed by atoms with Crippen LogP contribution in [0.15, 0.2) is 4.99 Å². The lowest BCUT2D eigenvalue weighted by Crippen LogP contribution is -2.45. The van der Waals surface area contributed by atoms with Crippen molar-refractivity contribution in [1.29, 1.82) is 0 Å². The first-order valence-corrected chi connectivity index (χ1v) is 10.0. The van der Waals surface area contributed by atoms with Crippen molar-refractivity contribution in [2.45, 2.75) is 45.6 Å². The molecule has 0 spiro atoms. The first-order chi connectivity index (χ1) is 12.6. The molecule has 0 bridgehead atoms. The molecule has 2 aliphatic heterocycles. The van der Waals surface area contributed by atoms with Crippen molar-refractivity contribution in [2.24, 2.45) is 16.8 Å². The predicted octanol–water partition coefficient (Wildman–Crippen LogP) is 1.86. The van der Waals surface area contributed by atoms with E-state index in [4.69, 9.17) is 9.47 Å². The van der Waals surface area contributed by atoms with Crippen molar-refractivity contribution in [3.8, 4) is 0 Å². The van der Waals surface area contributed by atoms with E-state index in [1.54, 1.807) is 7.05 Å². The number of halogens is 1. The standard InChI is InChI=1S/C19H36N4O3.HI/c1-15(2)18(24)23-9-5-17(13-23)22-19(20-3)21-8-4-10-26-14-16-6-11-25-12-7-16;/h15-17H,4-14H2,1-3H3,(H2,20,21,22);1H. The van der Waals surface area contributed by atoms with Crippen LogP contribution < -0.4 is 10.6 Å². The number of aliphatic imine (C=N–C) groups is 1. The molecule has 2 fully saturated rings. The maximum absolute atomic E-state index is 12.1. The molecule has 0 saturated carbocycles. The highest BCUT2D eigenvalue weighted by Gasteiger charge is 2.27. The molecule has 0 aromatic heterocycles. The molecule has 0 radical (unpaired) electrons. The van der Waals surface area contributed by atoms with Gasteiger partial charge in [0, 0.05) is 65.1 Å². The fourth-order valence-electron chi connectivity index (χ4n) is 3.38. The Hall–Kier alpha value is -0.610. The quantitative estimate of drug-likeness (QED) is 0.232. The van der Waals surface area contributed by atoms with Gasteiger partial charge in [-0.05, 0) is 31.6 Å². The first kappa shape index (κ1) is 24.4. The van der Waals surface area contributed by atoms with Crippen molar-refractivity contribution >= 4 is 35.8 Å². The van der Waals surface area contributed by atoms with Gasteiger partial charge in [0.1, 0.15) is 0 Å². The van der Waals surface area contributed by atoms with Crippen LogP contribution >= 0.6 is 24.0 Å². The van der Waals surface area contributed by atoms with Gasteiger partial charge < -0.3 is 25.0 Å². The number of carbonyl (C=O) groups is 1. The van der Waals surface area contributed by atoms with Gasteiger partial charge in [0.25, 0.3) is 0 Å². The summed E-state index contributed by atoms with van der Waals surface area (Å²) in [7, 11) is 1.78. The number of guanidine groups is 1. The van der Waals surface area contributed by atoms with Crippen LogP contribution in [0.4, 0.5) is 0 Å². The largest absolute Gasteiger partial charge is 0.381 e. The second-order valence-corrected chi connectivity index (χ2v) is 7.55. The van der Waals surface area contributed by atoms with Crippen LogP contribution in [-0.2, 0) is 14.3 Å². The maximum Gasteiger partial charge on any atom is 0.225 e. The molecule has 1 atom stereocenters. The van der Waals surface area contributed by atoms with Crippen LogP contribution in [0, 0.1) is 11.8 Å². The van der Waals surface area contributed by atoms with Crippen LogP contribution in [0.3, 0.4) is 0 Å². The van der Waals surface area contributed by atoms with Gasteiger partial charge in [-0.25, -0.2) is 0 Å². The van der Waals surface area contributed by atoms with Crippen LogP contribution in [-0.4, -0.2) is 75.9 Å². The summed E-state index contributed by atoms with van der Waals surface area (Å²) in [6.07, 6.45) is 4.15. The molecule has 1 unspecified atom stereocenters. The molecule has 158 valence electrons. The Kier molecular flexibility index (Phi) is 12.3. The number of rotatable bonds is 8. The summed E-state index contributed by atoms with van der Waals surface area (Å²) in [5.41, 5.74) is 0. The maximum atomic E-state index is 12.1. The van der Waals surface area contributed by atoms with Crippen LogP contribution in [0.2, 0.25) is 0 Å². The van der Waals surface area contributed by atoms with Crippen LogP contribution in [0.1, 0.15) is 39.5 Å². The highest BCUT2D eigenvalue weighted by molar-refractivity contribution is 14.0. The predicted molar refractivity (Wildman–Crippen MR) is 119 cm³/mol. The Morgan fingerprint density at radius 1 is 1.30 bits per heavy atom. The number of hydrogen-bond donors (Lipinski definition) is 2. The second kappa shape index (κ2) is 13.5. The van der Waals surface area contributed by atoms with Gasteiger partial charge in [0.05, 0.1) is 0 Å². The smallest absolute Gasteiger partial charge is 0.225 e. The molecule has 8 heteroatoms. The third kappa shape index (κ3) is 8.95. The number of hydrogen-bond acceptors (Lipinski definition) is 4. The summed E-state index contributed by atoms with van der Waals surface area (Å²) >= 11 is 0. The van der Waals surface area contributed by atoms with Crippen molar-refractivity contribution in [3.63, 3.8) is 0 Å². The van der Waals surface area contributed by atoms with E-state index < -0.39 is 0 Å². The van der Waals surface area contributed by atoms with E-state index in [2.05, 4.69) is 15.6 Å². The van der Waals surface area contributed by atoms with Crippen molar-refractivity contribution in [1.82, 2.24) is 15.5 Å². The Morgan fingerprint density at radius 3 is 2.70 bits per heavy atom. The number of ether oxygens (including phenoxy) is 2. The zero-order valence-electron chi connectivity index (χ0n) is 17.0. The van der Waals surface area contributed by atoms with Crippen molar-refractivity contribution in [3.05, 3.63) is 0 Å². The molecular formula is C19H37IN4O3. The zero-order chi connectivity index (χ0) is 18.8. The van der Waals surface area contributed by atoms with E-state index in [9.17, 15) is 4.79 Å². The van der Waals surface area contributed by atoms with Gasteiger partial charge >= 0.3 is 0 Å². The molecular weight excluding hydrogens is 459 g/mol. The molecule has 27 heavy (non-hydrogen) atoms. The zero-order valence-corrected chi connectivity index (χ0v) is 19.4.